The van der Waals surface area contributed by atoms with Crippen LogP contribution in [-0.4, -0.2) is 49.4 Å². The van der Waals surface area contributed by atoms with Crippen LogP contribution in [0.25, 0.3) is 0 Å². The van der Waals surface area contributed by atoms with Crippen molar-refractivity contribution in [2.75, 3.05) is 26.7 Å². The van der Waals surface area contributed by atoms with E-state index in [9.17, 15) is 9.59 Å². The van der Waals surface area contributed by atoms with Gasteiger partial charge in [0.25, 0.3) is 0 Å². The minimum atomic E-state index is -0.0351. The molecule has 5 nitrogen and oxygen atoms in total. The minimum Gasteiger partial charge on any atom is -0.352 e. The smallest absolute Gasteiger partial charge is 0.239 e. The first-order chi connectivity index (χ1) is 8.16. The highest BCUT2D eigenvalue weighted by Gasteiger charge is 2.27. The van der Waals surface area contributed by atoms with Crippen LogP contribution >= 0.6 is 0 Å². The van der Waals surface area contributed by atoms with E-state index in [0.717, 1.165) is 38.8 Å². The van der Waals surface area contributed by atoms with Crippen molar-refractivity contribution in [3.05, 3.63) is 0 Å². The van der Waals surface area contributed by atoms with Crippen molar-refractivity contribution in [1.29, 1.82) is 0 Å². The number of nitrogens with one attached hydrogen (secondary N) is 2. The number of carbonyl (C=O) groups is 2. The van der Waals surface area contributed by atoms with Gasteiger partial charge in [0, 0.05) is 19.6 Å². The molecule has 5 heteroatoms. The summed E-state index contributed by atoms with van der Waals surface area (Å²) in [5, 5.41) is 6.11. The van der Waals surface area contributed by atoms with Crippen molar-refractivity contribution in [2.24, 2.45) is 5.92 Å². The molecular weight excluding hydrogens is 218 g/mol. The molecule has 0 radical (unpaired) electrons. The van der Waals surface area contributed by atoms with E-state index in [4.69, 9.17) is 0 Å². The van der Waals surface area contributed by atoms with Gasteiger partial charge in [-0.3, -0.25) is 9.59 Å². The Morgan fingerprint density at radius 2 is 2.12 bits per heavy atom. The first-order valence-electron chi connectivity index (χ1n) is 6.42. The molecule has 1 aliphatic heterocycles. The maximum atomic E-state index is 12.0. The quantitative estimate of drug-likeness (QED) is 0.709. The Morgan fingerprint density at radius 1 is 1.35 bits per heavy atom. The van der Waals surface area contributed by atoms with Crippen LogP contribution in [-0.2, 0) is 9.59 Å². The van der Waals surface area contributed by atoms with Crippen LogP contribution in [0.1, 0.15) is 25.7 Å². The highest BCUT2D eigenvalue weighted by Crippen LogP contribution is 2.18. The Morgan fingerprint density at radius 3 is 2.71 bits per heavy atom. The van der Waals surface area contributed by atoms with Gasteiger partial charge in [-0.1, -0.05) is 0 Å². The van der Waals surface area contributed by atoms with Crippen molar-refractivity contribution in [3.8, 4) is 0 Å². The predicted molar refractivity (Wildman–Crippen MR) is 64.4 cm³/mol. The van der Waals surface area contributed by atoms with E-state index in [-0.39, 0.29) is 24.3 Å². The lowest BCUT2D eigenvalue weighted by Crippen LogP contribution is -2.45. The third kappa shape index (κ3) is 3.70. The Bertz CT molecular complexity index is 296. The fourth-order valence-corrected chi connectivity index (χ4v) is 2.17. The lowest BCUT2D eigenvalue weighted by atomic mass is 9.98. The molecule has 0 bridgehead atoms. The lowest BCUT2D eigenvalue weighted by molar-refractivity contribution is -0.138. The number of nitrogens with zero attached hydrogens (tertiary/aromatic N) is 1. The topological polar surface area (TPSA) is 61.4 Å². The number of likely N-dealkylation sites (N-methyl/N-ethyl adjacent to an activating group) is 1. The van der Waals surface area contributed by atoms with E-state index < -0.39 is 0 Å². The van der Waals surface area contributed by atoms with Gasteiger partial charge in [-0.15, -0.1) is 0 Å². The van der Waals surface area contributed by atoms with Gasteiger partial charge in [0.15, 0.2) is 0 Å². The first-order valence-corrected chi connectivity index (χ1v) is 6.42. The van der Waals surface area contributed by atoms with Crippen LogP contribution in [0, 0.1) is 5.92 Å². The number of amides is 2. The van der Waals surface area contributed by atoms with Crippen molar-refractivity contribution < 1.29 is 9.59 Å². The van der Waals surface area contributed by atoms with Crippen molar-refractivity contribution in [2.45, 2.75) is 31.7 Å². The molecule has 1 saturated carbocycles. The van der Waals surface area contributed by atoms with Crippen molar-refractivity contribution in [3.63, 3.8) is 0 Å². The molecule has 2 rings (SSSR count). The molecule has 17 heavy (non-hydrogen) atoms. The monoisotopic (exact) mass is 239 g/mol. The van der Waals surface area contributed by atoms with Crippen LogP contribution in [0.2, 0.25) is 0 Å². The van der Waals surface area contributed by atoms with E-state index >= 15 is 0 Å². The molecule has 2 N–H and O–H groups in total. The maximum Gasteiger partial charge on any atom is 0.239 e. The second-order valence-electron chi connectivity index (χ2n) is 5.08. The number of rotatable bonds is 4. The van der Waals surface area contributed by atoms with Gasteiger partial charge in [-0.25, -0.2) is 0 Å². The molecule has 96 valence electrons. The molecule has 1 saturated heterocycles. The average Bonchev–Trinajstić information content (AvgIpc) is 3.12. The van der Waals surface area contributed by atoms with Crippen LogP contribution < -0.4 is 10.6 Å². The highest BCUT2D eigenvalue weighted by molar-refractivity contribution is 5.86. The summed E-state index contributed by atoms with van der Waals surface area (Å²) in [6.07, 6.45) is 4.13. The minimum absolute atomic E-state index is 0.0351. The van der Waals surface area contributed by atoms with Crippen molar-refractivity contribution >= 4 is 11.8 Å². The molecule has 0 aromatic rings. The summed E-state index contributed by atoms with van der Waals surface area (Å²) in [4.78, 5) is 25.2. The number of hydrogen-bond donors (Lipinski definition) is 2. The standard InChI is InChI=1S/C12H21N3O2/c1-15(8-11(16)14-10-4-5-10)12(17)9-3-2-6-13-7-9/h9-10,13H,2-8H2,1H3,(H,14,16). The summed E-state index contributed by atoms with van der Waals surface area (Å²) in [7, 11) is 1.71. The van der Waals surface area contributed by atoms with Gasteiger partial charge in [0.2, 0.25) is 11.8 Å². The molecule has 2 amide bonds. The molecular formula is C12H21N3O2. The number of piperidine rings is 1. The maximum absolute atomic E-state index is 12.0. The number of carbonyl (C=O) groups excluding carboxylic acids is 2. The van der Waals surface area contributed by atoms with Gasteiger partial charge in [0.1, 0.15) is 0 Å². The molecule has 1 aliphatic carbocycles. The Hall–Kier alpha value is -1.10. The third-order valence-corrected chi connectivity index (χ3v) is 3.35. The highest BCUT2D eigenvalue weighted by atomic mass is 16.2. The van der Waals surface area contributed by atoms with Crippen LogP contribution in [0.3, 0.4) is 0 Å². The summed E-state index contributed by atoms with van der Waals surface area (Å²) in [6, 6.07) is 0.363. The van der Waals surface area contributed by atoms with Gasteiger partial charge in [-0.05, 0) is 32.2 Å². The zero-order chi connectivity index (χ0) is 12.3. The Kier molecular flexibility index (Phi) is 3.99. The predicted octanol–water partition coefficient (Wildman–Crippen LogP) is -0.277. The van der Waals surface area contributed by atoms with Crippen LogP contribution in [0.5, 0.6) is 0 Å². The molecule has 1 unspecified atom stereocenters. The van der Waals surface area contributed by atoms with E-state index in [1.807, 2.05) is 0 Å². The summed E-state index contributed by atoms with van der Waals surface area (Å²) in [6.45, 7) is 1.93. The fourth-order valence-electron chi connectivity index (χ4n) is 2.17. The Balaban J connectivity index is 1.74. The molecule has 1 atom stereocenters. The second kappa shape index (κ2) is 5.49. The lowest BCUT2D eigenvalue weighted by Gasteiger charge is -2.26. The van der Waals surface area contributed by atoms with E-state index in [1.165, 1.54) is 0 Å². The largest absolute Gasteiger partial charge is 0.352 e. The van der Waals surface area contributed by atoms with Crippen molar-refractivity contribution in [1.82, 2.24) is 15.5 Å². The van der Waals surface area contributed by atoms with E-state index in [0.29, 0.717) is 6.04 Å². The first kappa shape index (κ1) is 12.4. The molecule has 1 heterocycles. The third-order valence-electron chi connectivity index (χ3n) is 3.35. The summed E-state index contributed by atoms with van der Waals surface area (Å²) in [5.41, 5.74) is 0. The fraction of sp³-hybridized carbons (Fsp3) is 0.833. The van der Waals surface area contributed by atoms with E-state index in [2.05, 4.69) is 10.6 Å². The van der Waals surface area contributed by atoms with E-state index in [1.54, 1.807) is 11.9 Å². The SMILES string of the molecule is CN(CC(=O)NC1CC1)C(=O)C1CCCNC1. The van der Waals surface area contributed by atoms with Gasteiger partial charge >= 0.3 is 0 Å². The molecule has 0 spiro atoms. The van der Waals surface area contributed by atoms with Crippen LogP contribution in [0.15, 0.2) is 0 Å². The normalized spacial score (nSPS) is 24.2. The molecule has 2 fully saturated rings. The van der Waals surface area contributed by atoms with Crippen LogP contribution in [0.4, 0.5) is 0 Å². The number of hydrogen-bond acceptors (Lipinski definition) is 3. The summed E-state index contributed by atoms with van der Waals surface area (Å²) < 4.78 is 0. The molecule has 0 aromatic heterocycles. The van der Waals surface area contributed by atoms with Gasteiger partial charge in [0.05, 0.1) is 12.5 Å². The Labute approximate surface area is 102 Å². The molecule has 2 aliphatic rings. The van der Waals surface area contributed by atoms with Gasteiger partial charge in [-0.2, -0.15) is 0 Å². The summed E-state index contributed by atoms with van der Waals surface area (Å²) in [5.74, 6) is 0.0951. The zero-order valence-electron chi connectivity index (χ0n) is 10.4. The average molecular weight is 239 g/mol. The van der Waals surface area contributed by atoms with Gasteiger partial charge < -0.3 is 15.5 Å². The zero-order valence-corrected chi connectivity index (χ0v) is 10.4. The molecule has 0 aromatic carbocycles. The second-order valence-corrected chi connectivity index (χ2v) is 5.08. The summed E-state index contributed by atoms with van der Waals surface area (Å²) >= 11 is 0.